The smallest absolute Gasteiger partial charge is 0.407 e. The fraction of sp³-hybridized carbons (Fsp3) is 0.381. The van der Waals surface area contributed by atoms with Crippen molar-refractivity contribution in [2.45, 2.75) is 25.2 Å². The molecular weight excluding hydrogens is 401 g/mol. The molecule has 6 nitrogen and oxygen atoms in total. The number of ether oxygens (including phenoxy) is 3. The Morgan fingerprint density at radius 3 is 2.00 bits per heavy atom. The largest absolute Gasteiger partial charge is 0.493 e. The van der Waals surface area contributed by atoms with Crippen molar-refractivity contribution in [2.24, 2.45) is 0 Å². The third kappa shape index (κ3) is 5.79. The molecule has 0 aliphatic rings. The molecule has 0 saturated carbocycles. The zero-order valence-corrected chi connectivity index (χ0v) is 17.2. The van der Waals surface area contributed by atoms with E-state index in [1.54, 1.807) is 25.1 Å². The van der Waals surface area contributed by atoms with Crippen LogP contribution in [0.4, 0.5) is 13.2 Å². The number of carbonyl (C=O) groups is 1. The fourth-order valence-electron chi connectivity index (χ4n) is 2.99. The number of hydrogen-bond donors (Lipinski definition) is 2. The van der Waals surface area contributed by atoms with Gasteiger partial charge in [0.15, 0.2) is 11.5 Å². The van der Waals surface area contributed by atoms with E-state index in [9.17, 15) is 18.0 Å². The Morgan fingerprint density at radius 1 is 0.967 bits per heavy atom. The van der Waals surface area contributed by atoms with Gasteiger partial charge in [-0.15, -0.1) is 0 Å². The Labute approximate surface area is 173 Å². The summed E-state index contributed by atoms with van der Waals surface area (Å²) in [5.74, 6) is 0.640. The van der Waals surface area contributed by atoms with Gasteiger partial charge in [0.1, 0.15) is 6.04 Å². The van der Waals surface area contributed by atoms with E-state index in [1.807, 2.05) is 0 Å². The van der Waals surface area contributed by atoms with Gasteiger partial charge in [-0.3, -0.25) is 10.1 Å². The summed E-state index contributed by atoms with van der Waals surface area (Å²) in [6, 6.07) is 8.27. The van der Waals surface area contributed by atoms with Crippen LogP contribution in [0.1, 0.15) is 30.1 Å². The number of halogens is 3. The van der Waals surface area contributed by atoms with E-state index in [1.165, 1.54) is 45.6 Å². The second-order valence-corrected chi connectivity index (χ2v) is 6.51. The van der Waals surface area contributed by atoms with Gasteiger partial charge in [0, 0.05) is 0 Å². The maximum Gasteiger partial charge on any atom is 0.407 e. The monoisotopic (exact) mass is 426 g/mol. The van der Waals surface area contributed by atoms with Crippen molar-refractivity contribution in [2.75, 3.05) is 27.9 Å². The van der Waals surface area contributed by atoms with Crippen molar-refractivity contribution in [1.29, 1.82) is 0 Å². The third-order valence-corrected chi connectivity index (χ3v) is 4.49. The standard InChI is InChI=1S/C21H25F3N2O4/c1-13(15-10-16(28-2)19(30-4)17(11-15)29-3)26-18(27)12-25-20(21(22,23)24)14-8-6-5-7-9-14/h5-11,13,20,25H,12H2,1-4H3,(H,26,27). The number of methoxy groups -OCH3 is 3. The van der Waals surface area contributed by atoms with Crippen LogP contribution in [0.15, 0.2) is 42.5 Å². The van der Waals surface area contributed by atoms with Gasteiger partial charge in [-0.1, -0.05) is 30.3 Å². The van der Waals surface area contributed by atoms with E-state index in [0.717, 1.165) is 0 Å². The topological polar surface area (TPSA) is 68.8 Å². The molecule has 2 atom stereocenters. The Balaban J connectivity index is 2.09. The van der Waals surface area contributed by atoms with Crippen LogP contribution in [0.2, 0.25) is 0 Å². The van der Waals surface area contributed by atoms with E-state index in [0.29, 0.717) is 22.8 Å². The molecule has 1 amide bonds. The third-order valence-electron chi connectivity index (χ3n) is 4.49. The molecule has 2 rings (SSSR count). The van der Waals surface area contributed by atoms with Crippen LogP contribution in [-0.4, -0.2) is 40.0 Å². The lowest BCUT2D eigenvalue weighted by molar-refractivity contribution is -0.158. The highest BCUT2D eigenvalue weighted by Crippen LogP contribution is 2.39. The van der Waals surface area contributed by atoms with E-state index >= 15 is 0 Å². The summed E-state index contributed by atoms with van der Waals surface area (Å²) in [4.78, 5) is 12.3. The van der Waals surface area contributed by atoms with Crippen LogP contribution in [0.3, 0.4) is 0 Å². The number of hydrogen-bond acceptors (Lipinski definition) is 5. The summed E-state index contributed by atoms with van der Waals surface area (Å²) in [6.07, 6.45) is -4.54. The molecule has 0 spiro atoms. The molecule has 2 unspecified atom stereocenters. The second kappa shape index (κ2) is 10.2. The predicted molar refractivity (Wildman–Crippen MR) is 106 cm³/mol. The first-order valence-electron chi connectivity index (χ1n) is 9.15. The maximum absolute atomic E-state index is 13.4. The van der Waals surface area contributed by atoms with Gasteiger partial charge in [0.05, 0.1) is 33.9 Å². The fourth-order valence-corrected chi connectivity index (χ4v) is 2.99. The van der Waals surface area contributed by atoms with Crippen LogP contribution >= 0.6 is 0 Å². The Kier molecular flexibility index (Phi) is 7.93. The molecule has 2 aromatic rings. The van der Waals surface area contributed by atoms with Crippen molar-refractivity contribution in [3.63, 3.8) is 0 Å². The van der Waals surface area contributed by atoms with Gasteiger partial charge in [0.2, 0.25) is 11.7 Å². The van der Waals surface area contributed by atoms with Crippen LogP contribution in [0, 0.1) is 0 Å². The lowest BCUT2D eigenvalue weighted by Crippen LogP contribution is -2.41. The molecule has 0 aliphatic carbocycles. The van der Waals surface area contributed by atoms with Gasteiger partial charge < -0.3 is 19.5 Å². The van der Waals surface area contributed by atoms with Crippen molar-refractivity contribution < 1.29 is 32.2 Å². The summed E-state index contributed by atoms with van der Waals surface area (Å²) < 4.78 is 56.0. The van der Waals surface area contributed by atoms with E-state index in [2.05, 4.69) is 10.6 Å². The molecule has 0 aromatic heterocycles. The Bertz CT molecular complexity index is 819. The number of rotatable bonds is 9. The highest BCUT2D eigenvalue weighted by Gasteiger charge is 2.40. The van der Waals surface area contributed by atoms with Gasteiger partial charge in [-0.05, 0) is 30.2 Å². The first-order valence-corrected chi connectivity index (χ1v) is 9.15. The molecule has 30 heavy (non-hydrogen) atoms. The average molecular weight is 426 g/mol. The van der Waals surface area contributed by atoms with Crippen LogP contribution in [0.25, 0.3) is 0 Å². The maximum atomic E-state index is 13.4. The molecule has 0 radical (unpaired) electrons. The average Bonchev–Trinajstić information content (AvgIpc) is 2.72. The molecule has 0 aliphatic heterocycles. The van der Waals surface area contributed by atoms with Crippen molar-refractivity contribution in [3.05, 3.63) is 53.6 Å². The Hall–Kier alpha value is -2.94. The second-order valence-electron chi connectivity index (χ2n) is 6.51. The van der Waals surface area contributed by atoms with Crippen molar-refractivity contribution in [3.8, 4) is 17.2 Å². The first kappa shape index (κ1) is 23.3. The molecule has 0 bridgehead atoms. The van der Waals surface area contributed by atoms with Gasteiger partial charge in [0.25, 0.3) is 0 Å². The Morgan fingerprint density at radius 2 is 1.53 bits per heavy atom. The quantitative estimate of drug-likeness (QED) is 0.639. The first-order chi connectivity index (χ1) is 14.2. The number of nitrogens with one attached hydrogen (secondary N) is 2. The molecule has 9 heteroatoms. The van der Waals surface area contributed by atoms with E-state index in [4.69, 9.17) is 14.2 Å². The van der Waals surface area contributed by atoms with Crippen LogP contribution in [0.5, 0.6) is 17.2 Å². The molecule has 2 aromatic carbocycles. The zero-order chi connectivity index (χ0) is 22.3. The van der Waals surface area contributed by atoms with E-state index in [-0.39, 0.29) is 5.56 Å². The lowest BCUT2D eigenvalue weighted by atomic mass is 10.1. The van der Waals surface area contributed by atoms with Crippen LogP contribution < -0.4 is 24.8 Å². The highest BCUT2D eigenvalue weighted by atomic mass is 19.4. The van der Waals surface area contributed by atoms with Gasteiger partial charge in [-0.2, -0.15) is 13.2 Å². The minimum atomic E-state index is -4.54. The normalized spacial score (nSPS) is 13.3. The van der Waals surface area contributed by atoms with Gasteiger partial charge >= 0.3 is 6.18 Å². The van der Waals surface area contributed by atoms with Gasteiger partial charge in [-0.25, -0.2) is 0 Å². The minimum Gasteiger partial charge on any atom is -0.493 e. The van der Waals surface area contributed by atoms with E-state index < -0.39 is 30.7 Å². The summed E-state index contributed by atoms with van der Waals surface area (Å²) >= 11 is 0. The van der Waals surface area contributed by atoms with Crippen molar-refractivity contribution >= 4 is 5.91 Å². The number of amides is 1. The minimum absolute atomic E-state index is 0.0375. The number of carbonyl (C=O) groups excluding carboxylic acids is 1. The predicted octanol–water partition coefficient (Wildman–Crippen LogP) is 3.78. The highest BCUT2D eigenvalue weighted by molar-refractivity contribution is 5.78. The molecule has 2 N–H and O–H groups in total. The summed E-state index contributed by atoms with van der Waals surface area (Å²) in [5, 5.41) is 4.96. The van der Waals surface area contributed by atoms with Crippen molar-refractivity contribution in [1.82, 2.24) is 10.6 Å². The number of benzene rings is 2. The molecular formula is C21H25F3N2O4. The zero-order valence-electron chi connectivity index (χ0n) is 17.2. The lowest BCUT2D eigenvalue weighted by Gasteiger charge is -2.23. The van der Waals surface area contributed by atoms with Crippen LogP contribution in [-0.2, 0) is 4.79 Å². The summed E-state index contributed by atoms with van der Waals surface area (Å²) in [7, 11) is 4.41. The summed E-state index contributed by atoms with van der Waals surface area (Å²) in [6.45, 7) is 1.20. The molecule has 0 heterocycles. The summed E-state index contributed by atoms with van der Waals surface area (Å²) in [5.41, 5.74) is 0.684. The number of alkyl halides is 3. The SMILES string of the molecule is COc1cc(C(C)NC(=O)CNC(c2ccccc2)C(F)(F)F)cc(OC)c1OC. The molecule has 164 valence electrons. The molecule has 0 saturated heterocycles. The molecule has 0 fully saturated rings.